The Balaban J connectivity index is 1.96. The average Bonchev–Trinajstić information content (AvgIpc) is 2.70. The fourth-order valence-electron chi connectivity index (χ4n) is 2.83. The Kier molecular flexibility index (Phi) is 4.08. The molecule has 0 N–H and O–H groups in total. The molecule has 0 saturated carbocycles. The van der Waals surface area contributed by atoms with Gasteiger partial charge in [-0.3, -0.25) is 13.9 Å². The first-order chi connectivity index (χ1) is 13.1. The minimum atomic E-state index is -0.605. The zero-order valence-electron chi connectivity index (χ0n) is 14.3. The Bertz CT molecular complexity index is 1260. The van der Waals surface area contributed by atoms with Crippen molar-refractivity contribution in [3.05, 3.63) is 86.8 Å². The van der Waals surface area contributed by atoms with E-state index in [0.717, 1.165) is 10.1 Å². The molecule has 0 amide bonds. The van der Waals surface area contributed by atoms with Gasteiger partial charge in [0.15, 0.2) is 17.0 Å². The fourth-order valence-corrected chi connectivity index (χ4v) is 2.83. The minimum absolute atomic E-state index is 0.0115. The second kappa shape index (κ2) is 6.56. The fraction of sp³-hybridized carbons (Fsp3) is 0.105. The lowest BCUT2D eigenvalue weighted by Crippen LogP contribution is -2.39. The van der Waals surface area contributed by atoms with Crippen LogP contribution in [0.3, 0.4) is 0 Å². The van der Waals surface area contributed by atoms with Crippen LogP contribution in [0.4, 0.5) is 4.39 Å². The Morgan fingerprint density at radius 2 is 1.67 bits per heavy atom. The van der Waals surface area contributed by atoms with Crippen LogP contribution in [0.25, 0.3) is 22.6 Å². The number of nitrogens with zero attached hydrogens (tertiary/aromatic N) is 5. The topological polar surface area (TPSA) is 82.7 Å². The molecule has 0 radical (unpaired) electrons. The number of rotatable bonds is 3. The number of fused-ring (bicyclic) bond motifs is 1. The smallest absolute Gasteiger partial charge is 0.270 e. The monoisotopic (exact) mass is 363 g/mol. The predicted octanol–water partition coefficient (Wildman–Crippen LogP) is 1.74. The molecule has 2 aromatic heterocycles. The van der Waals surface area contributed by atoms with Crippen molar-refractivity contribution in [2.24, 2.45) is 7.05 Å². The quantitative estimate of drug-likeness (QED) is 0.554. The molecule has 4 rings (SSSR count). The Morgan fingerprint density at radius 3 is 2.41 bits per heavy atom. The van der Waals surface area contributed by atoms with Crippen LogP contribution in [0, 0.1) is 5.82 Å². The van der Waals surface area contributed by atoms with Gasteiger partial charge in [0, 0.05) is 7.05 Å². The molecule has 0 unspecified atom stereocenters. The van der Waals surface area contributed by atoms with Crippen molar-refractivity contribution in [3.8, 4) is 11.4 Å². The van der Waals surface area contributed by atoms with Crippen molar-refractivity contribution in [2.45, 2.75) is 6.54 Å². The first-order valence-electron chi connectivity index (χ1n) is 8.19. The second-order valence-corrected chi connectivity index (χ2v) is 6.01. The van der Waals surface area contributed by atoms with Crippen molar-refractivity contribution in [1.82, 2.24) is 24.3 Å². The van der Waals surface area contributed by atoms with Gasteiger partial charge < -0.3 is 0 Å². The van der Waals surface area contributed by atoms with Crippen LogP contribution in [-0.4, -0.2) is 24.3 Å². The van der Waals surface area contributed by atoms with E-state index in [9.17, 15) is 14.0 Å². The summed E-state index contributed by atoms with van der Waals surface area (Å²) in [5.74, 6) is -0.532. The maximum Gasteiger partial charge on any atom is 0.332 e. The molecule has 0 bridgehead atoms. The van der Waals surface area contributed by atoms with Gasteiger partial charge in [0.2, 0.25) is 0 Å². The highest BCUT2D eigenvalue weighted by molar-refractivity contribution is 5.71. The van der Waals surface area contributed by atoms with E-state index < -0.39 is 17.1 Å². The van der Waals surface area contributed by atoms with Crippen LogP contribution in [-0.2, 0) is 13.6 Å². The third-order valence-electron chi connectivity index (χ3n) is 4.25. The van der Waals surface area contributed by atoms with E-state index in [-0.39, 0.29) is 29.1 Å². The van der Waals surface area contributed by atoms with Crippen molar-refractivity contribution >= 4 is 11.2 Å². The SMILES string of the molecule is Cn1c(=O)c2nc(-c3ccccc3F)nnc2n(Cc2ccccc2)c1=O. The molecular formula is C19H14FN5O2. The molecule has 8 heteroatoms. The van der Waals surface area contributed by atoms with Crippen molar-refractivity contribution in [1.29, 1.82) is 0 Å². The standard InChI is InChI=1S/C19H14FN5O2/c1-24-18(26)15-17(25(19(24)27)11-12-7-3-2-4-8-12)23-22-16(21-15)13-9-5-6-10-14(13)20/h2-10H,11H2,1H3. The highest BCUT2D eigenvalue weighted by atomic mass is 19.1. The molecule has 2 heterocycles. The molecule has 134 valence electrons. The second-order valence-electron chi connectivity index (χ2n) is 6.01. The number of hydrogen-bond donors (Lipinski definition) is 0. The molecule has 27 heavy (non-hydrogen) atoms. The van der Waals surface area contributed by atoms with E-state index in [0.29, 0.717) is 0 Å². The maximum atomic E-state index is 14.0. The maximum absolute atomic E-state index is 14.0. The summed E-state index contributed by atoms with van der Waals surface area (Å²) in [6.45, 7) is 0.208. The highest BCUT2D eigenvalue weighted by Crippen LogP contribution is 2.18. The number of hydrogen-bond acceptors (Lipinski definition) is 5. The molecule has 0 aliphatic carbocycles. The predicted molar refractivity (Wildman–Crippen MR) is 97.8 cm³/mol. The number of benzene rings is 2. The summed E-state index contributed by atoms with van der Waals surface area (Å²) in [6, 6.07) is 15.3. The van der Waals surface area contributed by atoms with Crippen LogP contribution in [0.1, 0.15) is 5.56 Å². The largest absolute Gasteiger partial charge is 0.332 e. The zero-order chi connectivity index (χ0) is 19.0. The third kappa shape index (κ3) is 2.91. The zero-order valence-corrected chi connectivity index (χ0v) is 14.3. The van der Waals surface area contributed by atoms with E-state index in [2.05, 4.69) is 15.2 Å². The summed E-state index contributed by atoms with van der Waals surface area (Å²) in [5.41, 5.74) is -0.111. The van der Waals surface area contributed by atoms with Crippen LogP contribution < -0.4 is 11.2 Å². The first kappa shape index (κ1) is 16.8. The van der Waals surface area contributed by atoms with Gasteiger partial charge in [-0.15, -0.1) is 10.2 Å². The first-order valence-corrected chi connectivity index (χ1v) is 8.19. The molecule has 2 aromatic carbocycles. The number of aromatic nitrogens is 5. The van der Waals surface area contributed by atoms with E-state index in [4.69, 9.17) is 0 Å². The summed E-state index contributed by atoms with van der Waals surface area (Å²) in [5, 5.41) is 7.97. The molecular weight excluding hydrogens is 349 g/mol. The lowest BCUT2D eigenvalue weighted by molar-refractivity contribution is 0.628. The van der Waals surface area contributed by atoms with Gasteiger partial charge >= 0.3 is 5.69 Å². The average molecular weight is 363 g/mol. The van der Waals surface area contributed by atoms with Gasteiger partial charge in [-0.25, -0.2) is 14.2 Å². The van der Waals surface area contributed by atoms with Crippen molar-refractivity contribution in [2.75, 3.05) is 0 Å². The highest BCUT2D eigenvalue weighted by Gasteiger charge is 2.17. The molecule has 4 aromatic rings. The van der Waals surface area contributed by atoms with Gasteiger partial charge in [-0.05, 0) is 17.7 Å². The molecule has 0 fully saturated rings. The van der Waals surface area contributed by atoms with Crippen LogP contribution in [0.5, 0.6) is 0 Å². The van der Waals surface area contributed by atoms with E-state index >= 15 is 0 Å². The van der Waals surface area contributed by atoms with Gasteiger partial charge in [0.1, 0.15) is 5.82 Å². The molecule has 0 aliphatic rings. The molecule has 0 atom stereocenters. The molecule has 0 spiro atoms. The Morgan fingerprint density at radius 1 is 0.963 bits per heavy atom. The summed E-state index contributed by atoms with van der Waals surface area (Å²) in [7, 11) is 1.37. The summed E-state index contributed by atoms with van der Waals surface area (Å²) < 4.78 is 16.3. The summed E-state index contributed by atoms with van der Waals surface area (Å²) in [6.07, 6.45) is 0. The lowest BCUT2D eigenvalue weighted by atomic mass is 10.2. The van der Waals surface area contributed by atoms with Gasteiger partial charge in [0.05, 0.1) is 12.1 Å². The normalized spacial score (nSPS) is 11.0. The van der Waals surface area contributed by atoms with Crippen LogP contribution in [0.2, 0.25) is 0 Å². The van der Waals surface area contributed by atoms with Crippen molar-refractivity contribution in [3.63, 3.8) is 0 Å². The van der Waals surface area contributed by atoms with Crippen molar-refractivity contribution < 1.29 is 4.39 Å². The molecule has 0 saturated heterocycles. The lowest BCUT2D eigenvalue weighted by Gasteiger charge is -2.11. The molecule has 0 aliphatic heterocycles. The molecule has 7 nitrogen and oxygen atoms in total. The van der Waals surface area contributed by atoms with Crippen LogP contribution >= 0.6 is 0 Å². The van der Waals surface area contributed by atoms with Gasteiger partial charge in [-0.2, -0.15) is 0 Å². The van der Waals surface area contributed by atoms with E-state index in [1.54, 1.807) is 12.1 Å². The van der Waals surface area contributed by atoms with E-state index in [1.165, 1.54) is 23.7 Å². The van der Waals surface area contributed by atoms with Crippen LogP contribution in [0.15, 0.2) is 64.2 Å². The Hall–Kier alpha value is -3.68. The van der Waals surface area contributed by atoms with Gasteiger partial charge in [-0.1, -0.05) is 42.5 Å². The third-order valence-corrected chi connectivity index (χ3v) is 4.25. The minimum Gasteiger partial charge on any atom is -0.270 e. The van der Waals surface area contributed by atoms with Gasteiger partial charge in [0.25, 0.3) is 5.56 Å². The summed E-state index contributed by atoms with van der Waals surface area (Å²) in [4.78, 5) is 29.3. The van der Waals surface area contributed by atoms with E-state index in [1.807, 2.05) is 30.3 Å². The number of halogens is 1. The Labute approximate surface area is 152 Å². The summed E-state index contributed by atoms with van der Waals surface area (Å²) >= 11 is 0.